The molecule has 0 fully saturated rings. The molecule has 0 aliphatic carbocycles. The molecule has 0 heterocycles. The number of amides is 2. The number of hydrogen-bond donors (Lipinski definition) is 3. The Morgan fingerprint density at radius 2 is 1.88 bits per heavy atom. The first kappa shape index (κ1) is 19.4. The predicted octanol–water partition coefficient (Wildman–Crippen LogP) is 2.92. The summed E-state index contributed by atoms with van der Waals surface area (Å²) in [7, 11) is -2.14. The van der Waals surface area contributed by atoms with Crippen molar-refractivity contribution >= 4 is 32.0 Å². The minimum atomic E-state index is -3.50. The third-order valence-electron chi connectivity index (χ3n) is 3.63. The monoisotopic (exact) mass is 425 g/mol. The van der Waals surface area contributed by atoms with Crippen LogP contribution in [0.1, 0.15) is 24.1 Å². The van der Waals surface area contributed by atoms with Crippen LogP contribution in [0.25, 0.3) is 0 Å². The van der Waals surface area contributed by atoms with Crippen molar-refractivity contribution in [1.29, 1.82) is 0 Å². The number of urea groups is 1. The van der Waals surface area contributed by atoms with E-state index in [1.165, 1.54) is 19.2 Å². The standard InChI is InChI=1S/C17H20BrN3O3S/c1-12(14-6-4-7-15(18)10-14)21-17(22)20-11-13-5-3-8-16(9-13)25(23,24)19-2/h3-10,12,19H,11H2,1-2H3,(H2,20,21,22). The summed E-state index contributed by atoms with van der Waals surface area (Å²) in [5.41, 5.74) is 1.67. The van der Waals surface area contributed by atoms with Crippen LogP contribution in [0.2, 0.25) is 0 Å². The van der Waals surface area contributed by atoms with Gasteiger partial charge in [-0.25, -0.2) is 17.9 Å². The maximum absolute atomic E-state index is 12.1. The van der Waals surface area contributed by atoms with Crippen molar-refractivity contribution in [2.24, 2.45) is 0 Å². The van der Waals surface area contributed by atoms with Crippen molar-refractivity contribution in [2.45, 2.75) is 24.4 Å². The van der Waals surface area contributed by atoms with E-state index in [0.29, 0.717) is 5.56 Å². The Morgan fingerprint density at radius 1 is 1.16 bits per heavy atom. The van der Waals surface area contributed by atoms with Crippen LogP contribution >= 0.6 is 15.9 Å². The summed E-state index contributed by atoms with van der Waals surface area (Å²) in [6.45, 7) is 2.12. The molecule has 0 aliphatic heterocycles. The van der Waals surface area contributed by atoms with Crippen molar-refractivity contribution in [3.63, 3.8) is 0 Å². The number of benzene rings is 2. The average molecular weight is 426 g/mol. The molecule has 1 unspecified atom stereocenters. The quantitative estimate of drug-likeness (QED) is 0.664. The number of rotatable bonds is 6. The molecular weight excluding hydrogens is 406 g/mol. The number of carbonyl (C=O) groups excluding carboxylic acids is 1. The highest BCUT2D eigenvalue weighted by Crippen LogP contribution is 2.17. The lowest BCUT2D eigenvalue weighted by molar-refractivity contribution is 0.237. The third kappa shape index (κ3) is 5.55. The molecule has 2 aromatic rings. The van der Waals surface area contributed by atoms with E-state index in [9.17, 15) is 13.2 Å². The molecule has 0 bridgehead atoms. The van der Waals surface area contributed by atoms with E-state index in [2.05, 4.69) is 31.3 Å². The minimum Gasteiger partial charge on any atom is -0.334 e. The fourth-order valence-electron chi connectivity index (χ4n) is 2.23. The van der Waals surface area contributed by atoms with E-state index in [-0.39, 0.29) is 23.5 Å². The summed E-state index contributed by atoms with van der Waals surface area (Å²) in [5.74, 6) is 0. The van der Waals surface area contributed by atoms with Gasteiger partial charge in [0.2, 0.25) is 10.0 Å². The average Bonchev–Trinajstić information content (AvgIpc) is 2.60. The summed E-state index contributed by atoms with van der Waals surface area (Å²) in [4.78, 5) is 12.2. The zero-order valence-electron chi connectivity index (χ0n) is 13.9. The van der Waals surface area contributed by atoms with Crippen LogP contribution in [0.3, 0.4) is 0 Å². The Kier molecular flexibility index (Phi) is 6.57. The Hall–Kier alpha value is -1.90. The molecule has 0 aliphatic rings. The van der Waals surface area contributed by atoms with Crippen LogP contribution < -0.4 is 15.4 Å². The molecule has 8 heteroatoms. The fourth-order valence-corrected chi connectivity index (χ4v) is 3.45. The van der Waals surface area contributed by atoms with Gasteiger partial charge in [0, 0.05) is 11.0 Å². The van der Waals surface area contributed by atoms with Crippen molar-refractivity contribution in [1.82, 2.24) is 15.4 Å². The van der Waals surface area contributed by atoms with Crippen LogP contribution in [0, 0.1) is 0 Å². The molecule has 25 heavy (non-hydrogen) atoms. The zero-order valence-corrected chi connectivity index (χ0v) is 16.3. The van der Waals surface area contributed by atoms with Gasteiger partial charge in [0.15, 0.2) is 0 Å². The number of nitrogens with one attached hydrogen (secondary N) is 3. The molecule has 0 saturated carbocycles. The van der Waals surface area contributed by atoms with E-state index < -0.39 is 10.0 Å². The molecule has 0 saturated heterocycles. The molecular formula is C17H20BrN3O3S. The highest BCUT2D eigenvalue weighted by Gasteiger charge is 2.12. The van der Waals surface area contributed by atoms with Crippen LogP contribution in [-0.4, -0.2) is 21.5 Å². The number of hydrogen-bond acceptors (Lipinski definition) is 3. The lowest BCUT2D eigenvalue weighted by atomic mass is 10.1. The summed E-state index contributed by atoms with van der Waals surface area (Å²) in [5, 5.41) is 5.58. The van der Waals surface area contributed by atoms with Gasteiger partial charge in [-0.2, -0.15) is 0 Å². The first-order chi connectivity index (χ1) is 11.8. The molecule has 6 nitrogen and oxygen atoms in total. The maximum Gasteiger partial charge on any atom is 0.315 e. The van der Waals surface area contributed by atoms with E-state index in [1.54, 1.807) is 12.1 Å². The topological polar surface area (TPSA) is 87.3 Å². The summed E-state index contributed by atoms with van der Waals surface area (Å²) in [6.07, 6.45) is 0. The molecule has 0 aromatic heterocycles. The van der Waals surface area contributed by atoms with Gasteiger partial charge in [0.1, 0.15) is 0 Å². The Balaban J connectivity index is 1.95. The summed E-state index contributed by atoms with van der Waals surface area (Å²) >= 11 is 3.40. The minimum absolute atomic E-state index is 0.159. The summed E-state index contributed by atoms with van der Waals surface area (Å²) < 4.78 is 26.8. The van der Waals surface area contributed by atoms with Gasteiger partial charge in [-0.05, 0) is 49.4 Å². The van der Waals surface area contributed by atoms with Crippen LogP contribution in [0.5, 0.6) is 0 Å². The van der Waals surface area contributed by atoms with Gasteiger partial charge in [-0.3, -0.25) is 0 Å². The van der Waals surface area contributed by atoms with E-state index in [0.717, 1.165) is 10.0 Å². The Labute approximate surface area is 156 Å². The maximum atomic E-state index is 12.1. The second-order valence-corrected chi connectivity index (χ2v) is 8.26. The van der Waals surface area contributed by atoms with Crippen molar-refractivity contribution in [2.75, 3.05) is 7.05 Å². The molecule has 134 valence electrons. The van der Waals surface area contributed by atoms with Crippen molar-refractivity contribution in [3.05, 3.63) is 64.1 Å². The number of halogens is 1. The SMILES string of the molecule is CNS(=O)(=O)c1cccc(CNC(=O)NC(C)c2cccc(Br)c2)c1. The predicted molar refractivity (Wildman–Crippen MR) is 101 cm³/mol. The van der Waals surface area contributed by atoms with Gasteiger partial charge >= 0.3 is 6.03 Å². The van der Waals surface area contributed by atoms with Gasteiger partial charge in [-0.15, -0.1) is 0 Å². The van der Waals surface area contributed by atoms with Crippen LogP contribution in [0.4, 0.5) is 4.79 Å². The van der Waals surface area contributed by atoms with Gasteiger partial charge in [-0.1, -0.05) is 40.2 Å². The fraction of sp³-hybridized carbons (Fsp3) is 0.235. The Bertz CT molecular complexity index is 856. The normalized spacial score (nSPS) is 12.4. The molecule has 0 radical (unpaired) electrons. The highest BCUT2D eigenvalue weighted by molar-refractivity contribution is 9.10. The van der Waals surface area contributed by atoms with E-state index in [1.807, 2.05) is 31.2 Å². The number of sulfonamides is 1. The first-order valence-electron chi connectivity index (χ1n) is 7.64. The third-order valence-corrected chi connectivity index (χ3v) is 5.53. The van der Waals surface area contributed by atoms with Crippen LogP contribution in [0.15, 0.2) is 57.9 Å². The Morgan fingerprint density at radius 3 is 2.56 bits per heavy atom. The van der Waals surface area contributed by atoms with Gasteiger partial charge in [0.25, 0.3) is 0 Å². The van der Waals surface area contributed by atoms with E-state index in [4.69, 9.17) is 0 Å². The lowest BCUT2D eigenvalue weighted by Gasteiger charge is -2.15. The molecule has 2 amide bonds. The second-order valence-electron chi connectivity index (χ2n) is 5.46. The highest BCUT2D eigenvalue weighted by atomic mass is 79.9. The first-order valence-corrected chi connectivity index (χ1v) is 9.92. The van der Waals surface area contributed by atoms with Gasteiger partial charge in [0.05, 0.1) is 10.9 Å². The smallest absolute Gasteiger partial charge is 0.315 e. The molecule has 1 atom stereocenters. The lowest BCUT2D eigenvalue weighted by Crippen LogP contribution is -2.36. The zero-order chi connectivity index (χ0) is 18.4. The molecule has 2 aromatic carbocycles. The number of carbonyl (C=O) groups is 1. The van der Waals surface area contributed by atoms with Gasteiger partial charge < -0.3 is 10.6 Å². The van der Waals surface area contributed by atoms with Crippen molar-refractivity contribution < 1.29 is 13.2 Å². The molecule has 2 rings (SSSR count). The molecule has 3 N–H and O–H groups in total. The largest absolute Gasteiger partial charge is 0.334 e. The van der Waals surface area contributed by atoms with E-state index >= 15 is 0 Å². The summed E-state index contributed by atoms with van der Waals surface area (Å²) in [6, 6.07) is 13.7. The molecule has 0 spiro atoms. The van der Waals surface area contributed by atoms with Crippen LogP contribution in [-0.2, 0) is 16.6 Å². The second kappa shape index (κ2) is 8.46. The van der Waals surface area contributed by atoms with Crippen molar-refractivity contribution in [3.8, 4) is 0 Å².